The van der Waals surface area contributed by atoms with Crippen LogP contribution in [0.1, 0.15) is 5.56 Å². The van der Waals surface area contributed by atoms with Gasteiger partial charge >= 0.3 is 0 Å². The largest absolute Gasteiger partial charge is 0.481 e. The van der Waals surface area contributed by atoms with Crippen molar-refractivity contribution in [3.05, 3.63) is 23.9 Å². The van der Waals surface area contributed by atoms with Gasteiger partial charge in [-0.05, 0) is 6.07 Å². The lowest BCUT2D eigenvalue weighted by atomic mass is 10.2. The van der Waals surface area contributed by atoms with E-state index in [1.807, 2.05) is 12.1 Å². The molecule has 1 aromatic rings. The summed E-state index contributed by atoms with van der Waals surface area (Å²) in [5.41, 5.74) is 0.976. The van der Waals surface area contributed by atoms with Gasteiger partial charge in [0.1, 0.15) is 0 Å². The molecule has 5 nitrogen and oxygen atoms in total. The fourth-order valence-electron chi connectivity index (χ4n) is 1.72. The lowest BCUT2D eigenvalue weighted by Gasteiger charge is -2.15. The summed E-state index contributed by atoms with van der Waals surface area (Å²) >= 11 is 0. The van der Waals surface area contributed by atoms with E-state index >= 15 is 0 Å². The number of aromatic nitrogens is 1. The molecular weight excluding hydrogens is 208 g/mol. The van der Waals surface area contributed by atoms with Gasteiger partial charge in [-0.1, -0.05) is 6.07 Å². The zero-order valence-corrected chi connectivity index (χ0v) is 9.22. The third-order valence-electron chi connectivity index (χ3n) is 2.65. The van der Waals surface area contributed by atoms with Crippen LogP contribution in [0.3, 0.4) is 0 Å². The Balaban J connectivity index is 1.93. The number of aliphatic hydroxyl groups is 1. The molecule has 0 aliphatic carbocycles. The van der Waals surface area contributed by atoms with E-state index in [1.165, 1.54) is 0 Å². The molecule has 88 valence electrons. The van der Waals surface area contributed by atoms with Crippen LogP contribution in [0.25, 0.3) is 0 Å². The first-order chi connectivity index (χ1) is 7.81. The summed E-state index contributed by atoms with van der Waals surface area (Å²) in [5.74, 6) is 0.614. The van der Waals surface area contributed by atoms with Gasteiger partial charge in [0.25, 0.3) is 0 Å². The standard InChI is InChI=1S/C11H16N2O3/c1-15-11-8(3-2-4-12-11)5-13-9-6-16-7-10(9)14/h2-4,9-10,13-14H,5-7H2,1H3/t9-,10-/m1/s1. The van der Waals surface area contributed by atoms with E-state index < -0.39 is 6.10 Å². The maximum absolute atomic E-state index is 9.56. The van der Waals surface area contributed by atoms with Gasteiger partial charge in [0.05, 0.1) is 32.5 Å². The Morgan fingerprint density at radius 1 is 1.62 bits per heavy atom. The van der Waals surface area contributed by atoms with Crippen molar-refractivity contribution in [3.63, 3.8) is 0 Å². The molecule has 0 aromatic carbocycles. The summed E-state index contributed by atoms with van der Waals surface area (Å²) < 4.78 is 10.3. The highest BCUT2D eigenvalue weighted by Gasteiger charge is 2.25. The van der Waals surface area contributed by atoms with Crippen molar-refractivity contribution in [2.75, 3.05) is 20.3 Å². The van der Waals surface area contributed by atoms with E-state index in [-0.39, 0.29) is 6.04 Å². The van der Waals surface area contributed by atoms with E-state index in [4.69, 9.17) is 9.47 Å². The number of hydrogen-bond donors (Lipinski definition) is 2. The van der Waals surface area contributed by atoms with Crippen molar-refractivity contribution in [1.82, 2.24) is 10.3 Å². The summed E-state index contributed by atoms with van der Waals surface area (Å²) in [4.78, 5) is 4.11. The van der Waals surface area contributed by atoms with Crippen LogP contribution in [0.5, 0.6) is 5.88 Å². The number of nitrogens with one attached hydrogen (secondary N) is 1. The Bertz CT molecular complexity index is 346. The zero-order chi connectivity index (χ0) is 11.4. The van der Waals surface area contributed by atoms with E-state index in [0.29, 0.717) is 25.6 Å². The van der Waals surface area contributed by atoms with Crippen molar-refractivity contribution in [1.29, 1.82) is 0 Å². The quantitative estimate of drug-likeness (QED) is 0.750. The highest BCUT2D eigenvalue weighted by Crippen LogP contribution is 2.14. The third-order valence-corrected chi connectivity index (χ3v) is 2.65. The summed E-state index contributed by atoms with van der Waals surface area (Å²) in [7, 11) is 1.60. The van der Waals surface area contributed by atoms with Crippen LogP contribution in [-0.2, 0) is 11.3 Å². The van der Waals surface area contributed by atoms with Gasteiger partial charge in [-0.25, -0.2) is 4.98 Å². The SMILES string of the molecule is COc1ncccc1CN[C@@H]1COC[C@H]1O. The second-order valence-corrected chi connectivity index (χ2v) is 3.76. The van der Waals surface area contributed by atoms with Crippen molar-refractivity contribution in [2.24, 2.45) is 0 Å². The van der Waals surface area contributed by atoms with Gasteiger partial charge in [-0.15, -0.1) is 0 Å². The molecule has 1 aliphatic heterocycles. The monoisotopic (exact) mass is 224 g/mol. The highest BCUT2D eigenvalue weighted by atomic mass is 16.5. The maximum atomic E-state index is 9.56. The van der Waals surface area contributed by atoms with Crippen LogP contribution in [0.2, 0.25) is 0 Å². The molecular formula is C11H16N2O3. The maximum Gasteiger partial charge on any atom is 0.217 e. The molecule has 0 saturated carbocycles. The number of nitrogens with zero attached hydrogens (tertiary/aromatic N) is 1. The Morgan fingerprint density at radius 2 is 2.50 bits per heavy atom. The van der Waals surface area contributed by atoms with E-state index in [0.717, 1.165) is 5.56 Å². The fourth-order valence-corrected chi connectivity index (χ4v) is 1.72. The van der Waals surface area contributed by atoms with Crippen LogP contribution in [0.4, 0.5) is 0 Å². The second kappa shape index (κ2) is 5.25. The average molecular weight is 224 g/mol. The second-order valence-electron chi connectivity index (χ2n) is 3.76. The molecule has 0 amide bonds. The molecule has 0 spiro atoms. The van der Waals surface area contributed by atoms with Crippen molar-refractivity contribution >= 4 is 0 Å². The minimum absolute atomic E-state index is 0.00934. The van der Waals surface area contributed by atoms with Crippen LogP contribution in [0, 0.1) is 0 Å². The van der Waals surface area contributed by atoms with Gasteiger partial charge in [0.15, 0.2) is 0 Å². The Morgan fingerprint density at radius 3 is 3.19 bits per heavy atom. The smallest absolute Gasteiger partial charge is 0.217 e. The van der Waals surface area contributed by atoms with Crippen molar-refractivity contribution in [3.8, 4) is 5.88 Å². The molecule has 1 fully saturated rings. The minimum Gasteiger partial charge on any atom is -0.481 e. The molecule has 2 heterocycles. The topological polar surface area (TPSA) is 63.6 Å². The Hall–Kier alpha value is -1.17. The predicted octanol–water partition coefficient (Wildman–Crippen LogP) is -0.0605. The Labute approximate surface area is 94.4 Å². The summed E-state index contributed by atoms with van der Waals surface area (Å²) in [5, 5.41) is 12.8. The summed E-state index contributed by atoms with van der Waals surface area (Å²) in [6.07, 6.45) is 1.26. The average Bonchev–Trinajstić information content (AvgIpc) is 2.72. The van der Waals surface area contributed by atoms with Crippen molar-refractivity contribution in [2.45, 2.75) is 18.7 Å². The normalized spacial score (nSPS) is 24.6. The molecule has 1 saturated heterocycles. The van der Waals surface area contributed by atoms with Crippen LogP contribution in [0.15, 0.2) is 18.3 Å². The molecule has 1 aromatic heterocycles. The van der Waals surface area contributed by atoms with E-state index in [1.54, 1.807) is 13.3 Å². The van der Waals surface area contributed by atoms with Gasteiger partial charge < -0.3 is 19.9 Å². The van der Waals surface area contributed by atoms with Gasteiger partial charge in [-0.3, -0.25) is 0 Å². The molecule has 1 aliphatic rings. The number of methoxy groups -OCH3 is 1. The number of rotatable bonds is 4. The molecule has 2 atom stereocenters. The Kier molecular flexibility index (Phi) is 3.71. The molecule has 16 heavy (non-hydrogen) atoms. The molecule has 5 heteroatoms. The molecule has 2 rings (SSSR count). The van der Waals surface area contributed by atoms with Crippen LogP contribution in [-0.4, -0.2) is 42.6 Å². The van der Waals surface area contributed by atoms with Crippen LogP contribution < -0.4 is 10.1 Å². The van der Waals surface area contributed by atoms with Gasteiger partial charge in [0.2, 0.25) is 5.88 Å². The summed E-state index contributed by atoms with van der Waals surface area (Å²) in [6, 6.07) is 3.80. The predicted molar refractivity (Wildman–Crippen MR) is 58.2 cm³/mol. The highest BCUT2D eigenvalue weighted by molar-refractivity contribution is 5.25. The minimum atomic E-state index is -0.428. The zero-order valence-electron chi connectivity index (χ0n) is 9.22. The summed E-state index contributed by atoms with van der Waals surface area (Å²) in [6.45, 7) is 1.56. The number of hydrogen-bond acceptors (Lipinski definition) is 5. The lowest BCUT2D eigenvalue weighted by molar-refractivity contribution is 0.122. The van der Waals surface area contributed by atoms with E-state index in [2.05, 4.69) is 10.3 Å². The first-order valence-corrected chi connectivity index (χ1v) is 5.28. The lowest BCUT2D eigenvalue weighted by Crippen LogP contribution is -2.38. The first kappa shape index (κ1) is 11.3. The molecule has 2 N–H and O–H groups in total. The van der Waals surface area contributed by atoms with E-state index in [9.17, 15) is 5.11 Å². The van der Waals surface area contributed by atoms with Gasteiger partial charge in [-0.2, -0.15) is 0 Å². The first-order valence-electron chi connectivity index (χ1n) is 5.28. The fraction of sp³-hybridized carbons (Fsp3) is 0.545. The van der Waals surface area contributed by atoms with Crippen LogP contribution >= 0.6 is 0 Å². The molecule has 0 bridgehead atoms. The third kappa shape index (κ3) is 2.49. The molecule has 0 unspecified atom stereocenters. The molecule has 0 radical (unpaired) electrons. The van der Waals surface area contributed by atoms with Crippen molar-refractivity contribution < 1.29 is 14.6 Å². The number of pyridine rings is 1. The van der Waals surface area contributed by atoms with Gasteiger partial charge in [0, 0.05) is 18.3 Å². The number of ether oxygens (including phenoxy) is 2. The number of aliphatic hydroxyl groups excluding tert-OH is 1.